The average molecular weight is 468 g/mol. The molecule has 1 saturated carbocycles. The Balaban J connectivity index is 1.48. The molecule has 1 unspecified atom stereocenters. The number of carboxylic acid groups (broad SMARTS) is 1. The first-order valence-corrected chi connectivity index (χ1v) is 11.7. The predicted molar refractivity (Wildman–Crippen MR) is 127 cm³/mol. The van der Waals surface area contributed by atoms with Gasteiger partial charge < -0.3 is 15.2 Å². The van der Waals surface area contributed by atoms with Gasteiger partial charge in [-0.3, -0.25) is 14.5 Å². The monoisotopic (exact) mass is 467 g/mol. The highest BCUT2D eigenvalue weighted by Gasteiger charge is 2.43. The Morgan fingerprint density at radius 3 is 2.39 bits per heavy atom. The number of benzene rings is 2. The molecule has 2 N–H and O–H groups in total. The van der Waals surface area contributed by atoms with Gasteiger partial charge in [-0.2, -0.15) is 0 Å². The van der Waals surface area contributed by atoms with Gasteiger partial charge in [-0.25, -0.2) is 9.79 Å². The second-order valence-electron chi connectivity index (χ2n) is 7.98. The first kappa shape index (κ1) is 22.8. The second-order valence-corrected chi connectivity index (χ2v) is 9.15. The van der Waals surface area contributed by atoms with Crippen LogP contribution in [-0.4, -0.2) is 51.4 Å². The van der Waals surface area contributed by atoms with Crippen molar-refractivity contribution >= 4 is 46.1 Å². The molecule has 0 aromatic heterocycles. The Morgan fingerprint density at radius 1 is 1.12 bits per heavy atom. The lowest BCUT2D eigenvalue weighted by Gasteiger charge is -2.23. The average Bonchev–Trinajstić information content (AvgIpc) is 3.43. The van der Waals surface area contributed by atoms with Crippen molar-refractivity contribution in [2.45, 2.75) is 43.4 Å². The lowest BCUT2D eigenvalue weighted by atomic mass is 10.1. The van der Waals surface area contributed by atoms with E-state index in [1.807, 2.05) is 24.3 Å². The molecule has 8 nitrogen and oxygen atoms in total. The van der Waals surface area contributed by atoms with E-state index in [-0.39, 0.29) is 29.8 Å². The number of nitrogens with one attached hydrogen (secondary N) is 1. The largest absolute Gasteiger partial charge is 0.497 e. The van der Waals surface area contributed by atoms with E-state index < -0.39 is 11.2 Å². The van der Waals surface area contributed by atoms with Gasteiger partial charge in [0.05, 0.1) is 18.4 Å². The topological polar surface area (TPSA) is 108 Å². The Labute approximate surface area is 196 Å². The van der Waals surface area contributed by atoms with Gasteiger partial charge in [-0.15, -0.1) is 0 Å². The number of rotatable bonds is 7. The number of carbonyl (C=O) groups is 3. The van der Waals surface area contributed by atoms with Crippen molar-refractivity contribution in [1.29, 1.82) is 0 Å². The van der Waals surface area contributed by atoms with Crippen LogP contribution in [0.25, 0.3) is 0 Å². The lowest BCUT2D eigenvalue weighted by Crippen LogP contribution is -2.40. The van der Waals surface area contributed by atoms with E-state index in [0.29, 0.717) is 10.9 Å². The van der Waals surface area contributed by atoms with E-state index in [2.05, 4.69) is 5.32 Å². The van der Waals surface area contributed by atoms with Crippen LogP contribution >= 0.6 is 11.8 Å². The molecule has 4 rings (SSSR count). The molecule has 0 bridgehead atoms. The molecule has 2 fully saturated rings. The zero-order chi connectivity index (χ0) is 23.4. The summed E-state index contributed by atoms with van der Waals surface area (Å²) in [6.45, 7) is 0. The molecule has 0 radical (unpaired) electrons. The smallest absolute Gasteiger partial charge is 0.335 e. The molecule has 33 heavy (non-hydrogen) atoms. The van der Waals surface area contributed by atoms with Gasteiger partial charge in [0.1, 0.15) is 11.0 Å². The summed E-state index contributed by atoms with van der Waals surface area (Å²) in [5.41, 5.74) is 1.35. The Morgan fingerprint density at radius 2 is 1.79 bits per heavy atom. The second kappa shape index (κ2) is 10.1. The van der Waals surface area contributed by atoms with Gasteiger partial charge in [0.2, 0.25) is 11.8 Å². The van der Waals surface area contributed by atoms with E-state index in [9.17, 15) is 14.4 Å². The maximum atomic E-state index is 13.3. The normalized spacial score (nSPS) is 19.8. The van der Waals surface area contributed by atoms with Crippen LogP contribution in [0.3, 0.4) is 0 Å². The number of aromatic carboxylic acids is 1. The zero-order valence-electron chi connectivity index (χ0n) is 18.2. The van der Waals surface area contributed by atoms with E-state index in [4.69, 9.17) is 14.8 Å². The molecule has 1 aliphatic carbocycles. The summed E-state index contributed by atoms with van der Waals surface area (Å²) in [7, 11) is 1.60. The fourth-order valence-corrected chi connectivity index (χ4v) is 5.25. The van der Waals surface area contributed by atoms with Gasteiger partial charge in [0.25, 0.3) is 0 Å². The molecule has 172 valence electrons. The lowest BCUT2D eigenvalue weighted by molar-refractivity contribution is -0.129. The van der Waals surface area contributed by atoms with E-state index in [1.54, 1.807) is 12.0 Å². The van der Waals surface area contributed by atoms with Crippen LogP contribution in [0.15, 0.2) is 53.5 Å². The summed E-state index contributed by atoms with van der Waals surface area (Å²) in [6, 6.07) is 13.3. The molecular weight excluding hydrogens is 442 g/mol. The van der Waals surface area contributed by atoms with Crippen LogP contribution in [0.4, 0.5) is 11.4 Å². The van der Waals surface area contributed by atoms with Crippen molar-refractivity contribution in [2.75, 3.05) is 12.4 Å². The molecule has 2 amide bonds. The standard InChI is InChI=1S/C24H25N3O5S/c1-32-19-12-10-17(11-13-19)26-24-27(18-4-2-3-5-18)22(29)20(33-24)14-21(28)25-16-8-6-15(7-9-16)23(30)31/h6-13,18,20H,2-5,14H2,1H3,(H,25,28)(H,30,31). The number of carboxylic acids is 1. The summed E-state index contributed by atoms with van der Waals surface area (Å²) in [5.74, 6) is -0.694. The van der Waals surface area contributed by atoms with Crippen molar-refractivity contribution < 1.29 is 24.2 Å². The highest BCUT2D eigenvalue weighted by atomic mass is 32.2. The Bertz CT molecular complexity index is 1060. The molecule has 2 aromatic rings. The number of methoxy groups -OCH3 is 1. The SMILES string of the molecule is COc1ccc(N=C2SC(CC(=O)Nc3ccc(C(=O)O)cc3)C(=O)N2C2CCCC2)cc1. The van der Waals surface area contributed by atoms with Crippen LogP contribution in [-0.2, 0) is 9.59 Å². The minimum Gasteiger partial charge on any atom is -0.497 e. The number of anilines is 1. The molecule has 1 heterocycles. The van der Waals surface area contributed by atoms with Crippen molar-refractivity contribution in [2.24, 2.45) is 4.99 Å². The third kappa shape index (κ3) is 5.36. The number of thioether (sulfide) groups is 1. The van der Waals surface area contributed by atoms with Crippen molar-refractivity contribution in [3.05, 3.63) is 54.1 Å². The zero-order valence-corrected chi connectivity index (χ0v) is 19.0. The summed E-state index contributed by atoms with van der Waals surface area (Å²) in [6.07, 6.45) is 4.03. The number of hydrogen-bond donors (Lipinski definition) is 2. The summed E-state index contributed by atoms with van der Waals surface area (Å²) >= 11 is 1.32. The van der Waals surface area contributed by atoms with E-state index >= 15 is 0 Å². The maximum Gasteiger partial charge on any atom is 0.335 e. The number of aliphatic imine (C=N–C) groups is 1. The van der Waals surface area contributed by atoms with Crippen molar-refractivity contribution in [3.8, 4) is 5.75 Å². The molecule has 1 saturated heterocycles. The predicted octanol–water partition coefficient (Wildman–Crippen LogP) is 4.30. The third-order valence-electron chi connectivity index (χ3n) is 5.74. The molecule has 1 aliphatic heterocycles. The van der Waals surface area contributed by atoms with Crippen molar-refractivity contribution in [3.63, 3.8) is 0 Å². The number of ether oxygens (including phenoxy) is 1. The van der Waals surface area contributed by atoms with E-state index in [0.717, 1.165) is 37.1 Å². The Kier molecular flexibility index (Phi) is 6.98. The quantitative estimate of drug-likeness (QED) is 0.629. The van der Waals surface area contributed by atoms with Gasteiger partial charge >= 0.3 is 5.97 Å². The fraction of sp³-hybridized carbons (Fsp3) is 0.333. The van der Waals surface area contributed by atoms with Crippen LogP contribution in [0.5, 0.6) is 5.75 Å². The minimum absolute atomic E-state index is 0.00896. The third-order valence-corrected chi connectivity index (χ3v) is 6.89. The highest BCUT2D eigenvalue weighted by molar-refractivity contribution is 8.15. The minimum atomic E-state index is -1.03. The van der Waals surface area contributed by atoms with Crippen LogP contribution in [0, 0.1) is 0 Å². The number of carbonyl (C=O) groups excluding carboxylic acids is 2. The molecule has 0 spiro atoms. The summed E-state index contributed by atoms with van der Waals surface area (Å²) in [4.78, 5) is 43.4. The number of amidine groups is 1. The first-order valence-electron chi connectivity index (χ1n) is 10.8. The van der Waals surface area contributed by atoms with Gasteiger partial charge in [-0.05, 0) is 61.4 Å². The van der Waals surface area contributed by atoms with Crippen LogP contribution < -0.4 is 10.1 Å². The molecule has 9 heteroatoms. The van der Waals surface area contributed by atoms with Gasteiger partial charge in [0, 0.05) is 18.2 Å². The maximum absolute atomic E-state index is 13.3. The molecule has 1 atom stereocenters. The summed E-state index contributed by atoms with van der Waals surface area (Å²) in [5, 5.41) is 11.8. The molecule has 2 aromatic carbocycles. The molecule has 2 aliphatic rings. The van der Waals surface area contributed by atoms with Crippen LogP contribution in [0.1, 0.15) is 42.5 Å². The summed E-state index contributed by atoms with van der Waals surface area (Å²) < 4.78 is 5.19. The van der Waals surface area contributed by atoms with Gasteiger partial charge in [0.15, 0.2) is 5.17 Å². The Hall–Kier alpha value is -3.33. The molecular formula is C24H25N3O5S. The number of nitrogens with zero attached hydrogens (tertiary/aromatic N) is 2. The van der Waals surface area contributed by atoms with E-state index in [1.165, 1.54) is 36.0 Å². The fourth-order valence-electron chi connectivity index (χ4n) is 4.04. The van der Waals surface area contributed by atoms with Gasteiger partial charge in [-0.1, -0.05) is 24.6 Å². The highest BCUT2D eigenvalue weighted by Crippen LogP contribution is 2.37. The first-order chi connectivity index (χ1) is 15.9. The number of amides is 2. The van der Waals surface area contributed by atoms with Crippen LogP contribution in [0.2, 0.25) is 0 Å². The van der Waals surface area contributed by atoms with Crippen molar-refractivity contribution in [1.82, 2.24) is 4.90 Å². The number of hydrogen-bond acceptors (Lipinski definition) is 6.